The summed E-state index contributed by atoms with van der Waals surface area (Å²) in [7, 11) is 0. The van der Waals surface area contributed by atoms with Crippen LogP contribution >= 0.6 is 0 Å². The monoisotopic (exact) mass is 380 g/mol. The number of aliphatic imine (C=N–C) groups is 1. The fraction of sp³-hybridized carbons (Fsp3) is 0.278. The number of pyridine rings is 1. The van der Waals surface area contributed by atoms with E-state index >= 15 is 0 Å². The summed E-state index contributed by atoms with van der Waals surface area (Å²) in [5, 5.41) is 9.51. The molecular formula is C18H18F2N2O3S. The van der Waals surface area contributed by atoms with Gasteiger partial charge < -0.3 is 27.5 Å². The molecule has 8 heteroatoms. The molecule has 0 aliphatic heterocycles. The Bertz CT molecular complexity index is 782. The van der Waals surface area contributed by atoms with Gasteiger partial charge in [0.25, 0.3) is 0 Å². The van der Waals surface area contributed by atoms with Gasteiger partial charge in [-0.1, -0.05) is 0 Å². The van der Waals surface area contributed by atoms with Crippen LogP contribution in [0.15, 0.2) is 53.8 Å². The van der Waals surface area contributed by atoms with Crippen molar-refractivity contribution in [3.8, 4) is 5.75 Å². The molecule has 2 aromatic rings. The van der Waals surface area contributed by atoms with Crippen molar-refractivity contribution >= 4 is 23.5 Å². The lowest BCUT2D eigenvalue weighted by Crippen LogP contribution is -2.48. The van der Waals surface area contributed by atoms with Crippen molar-refractivity contribution in [2.45, 2.75) is 26.2 Å². The fourth-order valence-corrected chi connectivity index (χ4v) is 2.73. The number of carbonyl (C=O) groups excluding carboxylic acids is 1. The van der Waals surface area contributed by atoms with E-state index in [4.69, 9.17) is 12.6 Å². The molecule has 1 unspecified atom stereocenters. The molecule has 0 amide bonds. The van der Waals surface area contributed by atoms with Crippen molar-refractivity contribution in [2.24, 2.45) is 4.99 Å². The summed E-state index contributed by atoms with van der Waals surface area (Å²) < 4.78 is 30.4. The Morgan fingerprint density at radius 2 is 2.00 bits per heavy atom. The Hall–Kier alpha value is -2.45. The number of halogens is 2. The maximum atomic E-state index is 13.0. The van der Waals surface area contributed by atoms with Crippen molar-refractivity contribution in [3.63, 3.8) is 0 Å². The molecule has 1 atom stereocenters. The average molecular weight is 380 g/mol. The third-order valence-electron chi connectivity index (χ3n) is 3.52. The van der Waals surface area contributed by atoms with Crippen molar-refractivity contribution < 1.29 is 28.0 Å². The number of aliphatic hydroxyl groups excluding tert-OH is 1. The third-order valence-corrected chi connectivity index (χ3v) is 3.88. The van der Waals surface area contributed by atoms with Gasteiger partial charge in [-0.15, -0.1) is 0 Å². The first-order valence-corrected chi connectivity index (χ1v) is 8.28. The second-order valence-corrected chi connectivity index (χ2v) is 5.72. The maximum absolute atomic E-state index is 13.0. The number of aliphatic hydroxyl groups is 1. The summed E-state index contributed by atoms with van der Waals surface area (Å²) in [5.41, 5.74) is 0.900. The van der Waals surface area contributed by atoms with Crippen LogP contribution in [-0.4, -0.2) is 29.1 Å². The number of rotatable bonds is 8. The van der Waals surface area contributed by atoms with Gasteiger partial charge in [0.15, 0.2) is 12.4 Å². The Labute approximate surface area is 155 Å². The topological polar surface area (TPSA) is 62.8 Å². The summed E-state index contributed by atoms with van der Waals surface area (Å²) in [4.78, 5) is 17.1. The van der Waals surface area contributed by atoms with Crippen molar-refractivity contribution in [2.75, 3.05) is 6.54 Å². The van der Waals surface area contributed by atoms with Gasteiger partial charge in [0.1, 0.15) is 5.75 Å². The van der Waals surface area contributed by atoms with Crippen LogP contribution < -0.4 is 9.30 Å². The van der Waals surface area contributed by atoms with E-state index in [0.29, 0.717) is 12.1 Å². The first-order chi connectivity index (χ1) is 12.5. The van der Waals surface area contributed by atoms with E-state index in [-0.39, 0.29) is 28.7 Å². The molecule has 0 spiro atoms. The lowest BCUT2D eigenvalue weighted by Gasteiger charge is -2.19. The number of hydrogen-bond donors (Lipinski definition) is 1. The zero-order chi connectivity index (χ0) is 19.1. The molecule has 1 aromatic carbocycles. The highest BCUT2D eigenvalue weighted by molar-refractivity contribution is 7.77. The minimum Gasteiger partial charge on any atom is -0.758 e. The van der Waals surface area contributed by atoms with Crippen molar-refractivity contribution in [1.82, 2.24) is 0 Å². The first-order valence-electron chi connectivity index (χ1n) is 7.87. The number of Topliss-reactive ketones (excluding diaryl/α,β-unsaturated/α-hetero) is 1. The van der Waals surface area contributed by atoms with E-state index in [1.54, 1.807) is 36.0 Å². The molecule has 0 fully saturated rings. The van der Waals surface area contributed by atoms with Gasteiger partial charge >= 0.3 is 6.61 Å². The zero-order valence-electron chi connectivity index (χ0n) is 14.0. The Balaban J connectivity index is 2.38. The molecule has 0 bridgehead atoms. The SMILES string of the molecule is CCN=C([S-])C(C(=O)c1ccc(OC(F)F)cc1)[n+]1cccc(CO)c1. The smallest absolute Gasteiger partial charge is 0.387 e. The van der Waals surface area contributed by atoms with Crippen LogP contribution in [0.25, 0.3) is 0 Å². The number of benzene rings is 1. The Kier molecular flexibility index (Phi) is 7.11. The molecule has 5 nitrogen and oxygen atoms in total. The van der Waals surface area contributed by atoms with E-state index in [2.05, 4.69) is 9.73 Å². The standard InChI is InChI=1S/C18H18F2N2O3S/c1-2-21-17(26)15(22-9-3-4-12(10-22)11-23)16(24)13-5-7-14(8-6-13)25-18(19)20/h3-10,15,18,23H,2,11H2,1H3. The fourth-order valence-electron chi connectivity index (χ4n) is 2.37. The van der Waals surface area contributed by atoms with Gasteiger partial charge in [0.05, 0.1) is 6.61 Å². The number of ketones is 1. The molecule has 0 aliphatic rings. The van der Waals surface area contributed by atoms with Gasteiger partial charge in [0.2, 0.25) is 11.8 Å². The molecule has 138 valence electrons. The average Bonchev–Trinajstić information content (AvgIpc) is 2.62. The maximum Gasteiger partial charge on any atom is 0.387 e. The number of carbonyl (C=O) groups is 1. The third kappa shape index (κ3) is 5.03. The minimum absolute atomic E-state index is 0.0381. The predicted molar refractivity (Wildman–Crippen MR) is 94.3 cm³/mol. The number of ether oxygens (including phenoxy) is 1. The molecular weight excluding hydrogens is 362 g/mol. The second-order valence-electron chi connectivity index (χ2n) is 5.30. The van der Waals surface area contributed by atoms with E-state index in [0.717, 1.165) is 0 Å². The van der Waals surface area contributed by atoms with Gasteiger partial charge in [-0.25, -0.2) is 0 Å². The van der Waals surface area contributed by atoms with E-state index < -0.39 is 12.7 Å². The molecule has 0 saturated heterocycles. The summed E-state index contributed by atoms with van der Waals surface area (Å²) >= 11 is 5.30. The minimum atomic E-state index is -2.93. The molecule has 2 rings (SSSR count). The highest BCUT2D eigenvalue weighted by Gasteiger charge is 2.28. The summed E-state index contributed by atoms with van der Waals surface area (Å²) in [5.74, 6) is -0.375. The van der Waals surface area contributed by atoms with Crippen LogP contribution in [0.5, 0.6) is 5.75 Å². The number of nitrogens with zero attached hydrogens (tertiary/aromatic N) is 2. The van der Waals surface area contributed by atoms with Gasteiger partial charge in [0, 0.05) is 23.7 Å². The summed E-state index contributed by atoms with van der Waals surface area (Å²) in [6.45, 7) is -0.889. The van der Waals surface area contributed by atoms with Crippen LogP contribution in [-0.2, 0) is 19.2 Å². The van der Waals surface area contributed by atoms with Crippen LogP contribution in [0.2, 0.25) is 0 Å². The normalized spacial score (nSPS) is 12.9. The zero-order valence-corrected chi connectivity index (χ0v) is 14.8. The molecule has 1 heterocycles. The highest BCUT2D eigenvalue weighted by Crippen LogP contribution is 2.18. The van der Waals surface area contributed by atoms with Crippen molar-refractivity contribution in [1.29, 1.82) is 0 Å². The van der Waals surface area contributed by atoms with E-state index in [1.165, 1.54) is 24.3 Å². The number of alkyl halides is 2. The molecule has 0 saturated carbocycles. The van der Waals surface area contributed by atoms with Crippen LogP contribution in [0.4, 0.5) is 8.78 Å². The van der Waals surface area contributed by atoms with Crippen LogP contribution in [0.3, 0.4) is 0 Å². The molecule has 1 N–H and O–H groups in total. The predicted octanol–water partition coefficient (Wildman–Crippen LogP) is 2.46. The number of hydrogen-bond acceptors (Lipinski definition) is 5. The summed E-state index contributed by atoms with van der Waals surface area (Å²) in [6.07, 6.45) is 3.28. The molecule has 1 aromatic heterocycles. The molecule has 26 heavy (non-hydrogen) atoms. The molecule has 0 radical (unpaired) electrons. The first kappa shape index (κ1) is 19.9. The second kappa shape index (κ2) is 9.30. The van der Waals surface area contributed by atoms with Gasteiger partial charge in [-0.2, -0.15) is 13.3 Å². The van der Waals surface area contributed by atoms with E-state index in [9.17, 15) is 18.7 Å². The quantitative estimate of drug-likeness (QED) is 0.251. The van der Waals surface area contributed by atoms with Crippen molar-refractivity contribution in [3.05, 3.63) is 59.9 Å². The lowest BCUT2D eigenvalue weighted by atomic mass is 10.0. The largest absolute Gasteiger partial charge is 0.758 e. The molecule has 0 aliphatic carbocycles. The van der Waals surface area contributed by atoms with Crippen LogP contribution in [0, 0.1) is 0 Å². The summed E-state index contributed by atoms with van der Waals surface area (Å²) in [6, 6.07) is 7.93. The van der Waals surface area contributed by atoms with Gasteiger partial charge in [-0.05, 0) is 42.3 Å². The number of aromatic nitrogens is 1. The van der Waals surface area contributed by atoms with Gasteiger partial charge in [-0.3, -0.25) is 4.79 Å². The Morgan fingerprint density at radius 3 is 2.58 bits per heavy atom. The van der Waals surface area contributed by atoms with Crippen LogP contribution in [0.1, 0.15) is 28.9 Å². The lowest BCUT2D eigenvalue weighted by molar-refractivity contribution is -0.692. The Morgan fingerprint density at radius 1 is 1.31 bits per heavy atom. The van der Waals surface area contributed by atoms with E-state index in [1.807, 2.05) is 0 Å². The highest BCUT2D eigenvalue weighted by atomic mass is 32.1.